The Kier molecular flexibility index (Phi) is 9.19. The molecule has 0 radical (unpaired) electrons. The summed E-state index contributed by atoms with van der Waals surface area (Å²) in [6.45, 7) is 9.30. The maximum absolute atomic E-state index is 12.4. The average Bonchev–Trinajstić information content (AvgIpc) is 2.69. The number of aryl methyl sites for hydroxylation is 1. The second-order valence-electron chi connectivity index (χ2n) is 7.26. The molecule has 9 heteroatoms. The van der Waals surface area contributed by atoms with Crippen molar-refractivity contribution in [1.29, 1.82) is 0 Å². The number of rotatable bonds is 9. The van der Waals surface area contributed by atoms with Crippen molar-refractivity contribution in [3.05, 3.63) is 29.8 Å². The molecule has 8 nitrogen and oxygen atoms in total. The fraction of sp³-hybridized carbons (Fsp3) is 0.650. The summed E-state index contributed by atoms with van der Waals surface area (Å²) < 4.78 is 37.5. The van der Waals surface area contributed by atoms with E-state index in [1.54, 1.807) is 11.4 Å². The maximum atomic E-state index is 12.4. The van der Waals surface area contributed by atoms with Crippen LogP contribution >= 0.6 is 0 Å². The molecule has 1 aliphatic rings. The highest BCUT2D eigenvalue weighted by Crippen LogP contribution is 2.11. The van der Waals surface area contributed by atoms with Gasteiger partial charge in [-0.2, -0.15) is 4.31 Å². The van der Waals surface area contributed by atoms with Crippen LogP contribution < -0.4 is 10.1 Å². The lowest BCUT2D eigenvalue weighted by molar-refractivity contribution is 0.0904. The van der Waals surface area contributed by atoms with Crippen LogP contribution in [-0.2, 0) is 14.8 Å². The van der Waals surface area contributed by atoms with Crippen molar-refractivity contribution in [2.75, 3.05) is 58.7 Å². The van der Waals surface area contributed by atoms with Crippen molar-refractivity contribution in [3.8, 4) is 5.75 Å². The molecule has 1 aliphatic heterocycles. The molecule has 1 aromatic rings. The monoisotopic (exact) mass is 426 g/mol. The van der Waals surface area contributed by atoms with Gasteiger partial charge < -0.3 is 19.7 Å². The molecule has 0 saturated carbocycles. The molecule has 0 spiro atoms. The fourth-order valence-corrected chi connectivity index (χ4v) is 4.28. The summed E-state index contributed by atoms with van der Waals surface area (Å²) in [6, 6.07) is 7.94. The Balaban J connectivity index is 1.73. The molecule has 1 fully saturated rings. The number of nitrogens with zero attached hydrogens (tertiary/aromatic N) is 3. The van der Waals surface area contributed by atoms with E-state index in [9.17, 15) is 8.42 Å². The lowest BCUT2D eigenvalue weighted by atomic mass is 10.2. The zero-order chi connectivity index (χ0) is 21.3. The molecule has 0 aromatic heterocycles. The Morgan fingerprint density at radius 2 is 1.79 bits per heavy atom. The third-order valence-electron chi connectivity index (χ3n) is 4.61. The van der Waals surface area contributed by atoms with Crippen molar-refractivity contribution in [2.45, 2.75) is 26.9 Å². The van der Waals surface area contributed by atoms with Gasteiger partial charge in [0.05, 0.1) is 25.0 Å². The molecule has 29 heavy (non-hydrogen) atoms. The van der Waals surface area contributed by atoms with E-state index in [1.807, 2.05) is 45.0 Å². The summed E-state index contributed by atoms with van der Waals surface area (Å²) >= 11 is 0. The van der Waals surface area contributed by atoms with Crippen LogP contribution in [-0.4, -0.2) is 88.4 Å². The summed E-state index contributed by atoms with van der Waals surface area (Å²) in [5.41, 5.74) is 1.20. The van der Waals surface area contributed by atoms with Crippen LogP contribution in [0.3, 0.4) is 0 Å². The van der Waals surface area contributed by atoms with Crippen LogP contribution in [0.15, 0.2) is 29.3 Å². The lowest BCUT2D eigenvalue weighted by Crippen LogP contribution is -2.54. The predicted molar refractivity (Wildman–Crippen MR) is 116 cm³/mol. The van der Waals surface area contributed by atoms with Crippen molar-refractivity contribution in [1.82, 2.24) is 14.5 Å². The summed E-state index contributed by atoms with van der Waals surface area (Å²) in [6.07, 6.45) is 0.0337. The van der Waals surface area contributed by atoms with Gasteiger partial charge in [-0.25, -0.2) is 8.42 Å². The quantitative estimate of drug-likeness (QED) is 0.364. The summed E-state index contributed by atoms with van der Waals surface area (Å²) in [7, 11) is -1.56. The number of piperazine rings is 1. The summed E-state index contributed by atoms with van der Waals surface area (Å²) in [5, 5.41) is 3.28. The van der Waals surface area contributed by atoms with Gasteiger partial charge >= 0.3 is 0 Å². The smallest absolute Gasteiger partial charge is 0.216 e. The molecule has 1 N–H and O–H groups in total. The molecule has 0 bridgehead atoms. The molecule has 0 atom stereocenters. The van der Waals surface area contributed by atoms with E-state index in [-0.39, 0.29) is 18.5 Å². The van der Waals surface area contributed by atoms with E-state index in [1.165, 1.54) is 5.56 Å². The second-order valence-corrected chi connectivity index (χ2v) is 9.35. The summed E-state index contributed by atoms with van der Waals surface area (Å²) in [4.78, 5) is 6.38. The van der Waals surface area contributed by atoms with Gasteiger partial charge in [-0.05, 0) is 32.9 Å². The molecule has 1 saturated heterocycles. The van der Waals surface area contributed by atoms with Crippen LogP contribution in [0, 0.1) is 6.92 Å². The highest BCUT2D eigenvalue weighted by molar-refractivity contribution is 7.89. The van der Waals surface area contributed by atoms with Crippen molar-refractivity contribution < 1.29 is 17.9 Å². The minimum Gasteiger partial charge on any atom is -0.492 e. The minimum absolute atomic E-state index is 0.0223. The second kappa shape index (κ2) is 11.4. The van der Waals surface area contributed by atoms with Gasteiger partial charge in [0.1, 0.15) is 12.4 Å². The lowest BCUT2D eigenvalue weighted by Gasteiger charge is -2.35. The van der Waals surface area contributed by atoms with E-state index in [0.717, 1.165) is 11.7 Å². The van der Waals surface area contributed by atoms with Crippen LogP contribution in [0.1, 0.15) is 19.4 Å². The van der Waals surface area contributed by atoms with E-state index < -0.39 is 10.0 Å². The number of aliphatic imine (C=N–C) groups is 1. The first-order chi connectivity index (χ1) is 13.8. The number of hydrogen-bond acceptors (Lipinski definition) is 5. The Morgan fingerprint density at radius 1 is 1.14 bits per heavy atom. The Morgan fingerprint density at radius 3 is 2.38 bits per heavy atom. The van der Waals surface area contributed by atoms with Crippen LogP contribution in [0.25, 0.3) is 0 Å². The topological polar surface area (TPSA) is 83.5 Å². The van der Waals surface area contributed by atoms with Crippen molar-refractivity contribution in [2.24, 2.45) is 4.99 Å². The third kappa shape index (κ3) is 7.83. The normalized spacial score (nSPS) is 16.3. The molecule has 0 unspecified atom stereocenters. The number of ether oxygens (including phenoxy) is 2. The molecular weight excluding hydrogens is 392 g/mol. The van der Waals surface area contributed by atoms with Crippen molar-refractivity contribution in [3.63, 3.8) is 0 Å². The number of sulfonamides is 1. The van der Waals surface area contributed by atoms with Gasteiger partial charge in [0.25, 0.3) is 0 Å². The molecule has 0 amide bonds. The molecule has 0 aliphatic carbocycles. The molecule has 164 valence electrons. The first-order valence-electron chi connectivity index (χ1n) is 10.1. The van der Waals surface area contributed by atoms with E-state index >= 15 is 0 Å². The zero-order valence-electron chi connectivity index (χ0n) is 17.9. The molecular formula is C20H34N4O4S. The molecule has 2 rings (SSSR count). The fourth-order valence-electron chi connectivity index (χ4n) is 2.99. The largest absolute Gasteiger partial charge is 0.492 e. The average molecular weight is 427 g/mol. The highest BCUT2D eigenvalue weighted by Gasteiger charge is 2.27. The highest BCUT2D eigenvalue weighted by atomic mass is 32.2. The number of hydrogen-bond donors (Lipinski definition) is 1. The first-order valence-corrected chi connectivity index (χ1v) is 11.7. The summed E-state index contributed by atoms with van der Waals surface area (Å²) in [5.74, 6) is 1.62. The zero-order valence-corrected chi connectivity index (χ0v) is 18.7. The molecule has 1 aromatic carbocycles. The van der Waals surface area contributed by atoms with E-state index in [2.05, 4.69) is 15.2 Å². The maximum Gasteiger partial charge on any atom is 0.216 e. The van der Waals surface area contributed by atoms with Gasteiger partial charge in [0.2, 0.25) is 10.0 Å². The van der Waals surface area contributed by atoms with Gasteiger partial charge in [0.15, 0.2) is 5.96 Å². The van der Waals surface area contributed by atoms with Crippen molar-refractivity contribution >= 4 is 16.0 Å². The SMILES string of the molecule is CN=C(NCCOc1ccc(C)cc1)N1CCN(S(=O)(=O)CCOC(C)C)CC1. The Hall–Kier alpha value is -1.84. The Labute approximate surface area is 174 Å². The van der Waals surface area contributed by atoms with Gasteiger partial charge in [-0.3, -0.25) is 4.99 Å². The Bertz CT molecular complexity index is 742. The van der Waals surface area contributed by atoms with Gasteiger partial charge in [-0.1, -0.05) is 17.7 Å². The number of benzene rings is 1. The standard InChI is InChI=1S/C20H34N4O4S/c1-17(2)27-15-16-29(25,26)24-12-10-23(11-13-24)20(21-4)22-9-14-28-19-7-5-18(3)6-8-19/h5-8,17H,9-16H2,1-4H3,(H,21,22). The number of nitrogens with one attached hydrogen (secondary N) is 1. The molecule has 1 heterocycles. The van der Waals surface area contributed by atoms with Gasteiger partial charge in [0, 0.05) is 33.2 Å². The van der Waals surface area contributed by atoms with Crippen LogP contribution in [0.2, 0.25) is 0 Å². The third-order valence-corrected chi connectivity index (χ3v) is 6.45. The first kappa shape index (κ1) is 23.4. The number of guanidine groups is 1. The van der Waals surface area contributed by atoms with Crippen LogP contribution in [0.4, 0.5) is 0 Å². The van der Waals surface area contributed by atoms with Gasteiger partial charge in [-0.15, -0.1) is 0 Å². The van der Waals surface area contributed by atoms with E-state index in [4.69, 9.17) is 9.47 Å². The minimum atomic E-state index is -3.29. The van der Waals surface area contributed by atoms with Crippen LogP contribution in [0.5, 0.6) is 5.75 Å². The van der Waals surface area contributed by atoms with E-state index in [0.29, 0.717) is 39.3 Å². The predicted octanol–water partition coefficient (Wildman–Crippen LogP) is 1.32.